The van der Waals surface area contributed by atoms with Crippen molar-refractivity contribution in [2.75, 3.05) is 19.5 Å². The van der Waals surface area contributed by atoms with Gasteiger partial charge in [0.05, 0.1) is 28.5 Å². The standard InChI is InChI=1S/C32H26N2O4S2/c1-4-19-38-24-15-11-21(12-16-24)20-26-30(35)34-29(23-13-17-25(39-3)18-14-23)27(31(36)37-5-2)28(33-32(34)40-26)22-9-7-6-8-10-22/h1,6-18,20,29H,5,19H2,2-3H3/b26-20-/t29-/m1/s1. The molecule has 0 saturated carbocycles. The first-order valence-corrected chi connectivity index (χ1v) is 14.7. The third-order valence-electron chi connectivity index (χ3n) is 6.31. The Bertz CT molecular complexity index is 1780. The second-order valence-electron chi connectivity index (χ2n) is 8.77. The monoisotopic (exact) mass is 566 g/mol. The van der Waals surface area contributed by atoms with Crippen LogP contribution in [0.15, 0.2) is 99.1 Å². The lowest BCUT2D eigenvalue weighted by atomic mass is 9.93. The lowest BCUT2D eigenvalue weighted by molar-refractivity contribution is -0.138. The number of fused-ring (bicyclic) bond motifs is 1. The predicted molar refractivity (Wildman–Crippen MR) is 160 cm³/mol. The van der Waals surface area contributed by atoms with Gasteiger partial charge in [-0.1, -0.05) is 71.9 Å². The summed E-state index contributed by atoms with van der Waals surface area (Å²) in [5.41, 5.74) is 3.00. The summed E-state index contributed by atoms with van der Waals surface area (Å²) in [4.78, 5) is 34.0. The Balaban J connectivity index is 1.73. The highest BCUT2D eigenvalue weighted by Crippen LogP contribution is 2.35. The van der Waals surface area contributed by atoms with E-state index in [4.69, 9.17) is 20.9 Å². The zero-order valence-corrected chi connectivity index (χ0v) is 23.6. The van der Waals surface area contributed by atoms with Crippen molar-refractivity contribution in [2.24, 2.45) is 4.99 Å². The minimum absolute atomic E-state index is 0.183. The lowest BCUT2D eigenvalue weighted by Crippen LogP contribution is -2.40. The van der Waals surface area contributed by atoms with E-state index in [-0.39, 0.29) is 18.8 Å². The summed E-state index contributed by atoms with van der Waals surface area (Å²) in [6.07, 6.45) is 9.10. The zero-order valence-electron chi connectivity index (χ0n) is 22.0. The summed E-state index contributed by atoms with van der Waals surface area (Å²) in [7, 11) is 0. The Morgan fingerprint density at radius 1 is 1.10 bits per heavy atom. The molecule has 3 aromatic carbocycles. The van der Waals surface area contributed by atoms with Gasteiger partial charge < -0.3 is 9.47 Å². The fourth-order valence-electron chi connectivity index (χ4n) is 4.48. The first-order valence-electron chi connectivity index (χ1n) is 12.6. The second-order valence-corrected chi connectivity index (χ2v) is 10.7. The number of hydrogen-bond acceptors (Lipinski definition) is 7. The predicted octanol–water partition coefficient (Wildman–Crippen LogP) is 4.67. The third kappa shape index (κ3) is 5.53. The Morgan fingerprint density at radius 2 is 1.82 bits per heavy atom. The van der Waals surface area contributed by atoms with E-state index in [9.17, 15) is 9.59 Å². The fraction of sp³-hybridized carbons (Fsp3) is 0.156. The number of ether oxygens (including phenoxy) is 2. The topological polar surface area (TPSA) is 69.9 Å². The molecule has 0 spiro atoms. The smallest absolute Gasteiger partial charge is 0.338 e. The molecule has 1 aliphatic rings. The highest BCUT2D eigenvalue weighted by molar-refractivity contribution is 7.98. The van der Waals surface area contributed by atoms with E-state index in [2.05, 4.69) is 5.92 Å². The normalized spacial score (nSPS) is 14.7. The molecule has 0 unspecified atom stereocenters. The van der Waals surface area contributed by atoms with Gasteiger partial charge in [0.2, 0.25) is 0 Å². The first kappa shape index (κ1) is 27.3. The molecule has 4 aromatic rings. The van der Waals surface area contributed by atoms with Crippen molar-refractivity contribution >= 4 is 40.8 Å². The number of hydrogen-bond donors (Lipinski definition) is 0. The van der Waals surface area contributed by atoms with E-state index >= 15 is 0 Å². The number of carbonyl (C=O) groups excluding carboxylic acids is 1. The van der Waals surface area contributed by atoms with Crippen molar-refractivity contribution < 1.29 is 14.3 Å². The van der Waals surface area contributed by atoms with Crippen molar-refractivity contribution in [3.63, 3.8) is 0 Å². The van der Waals surface area contributed by atoms with Crippen molar-refractivity contribution in [3.8, 4) is 18.1 Å². The van der Waals surface area contributed by atoms with Crippen LogP contribution in [-0.4, -0.2) is 30.0 Å². The molecule has 2 heterocycles. The number of carbonyl (C=O) groups is 1. The Morgan fingerprint density at radius 3 is 2.48 bits per heavy atom. The maximum Gasteiger partial charge on any atom is 0.338 e. The summed E-state index contributed by atoms with van der Waals surface area (Å²) in [6, 6.07) is 24.0. The highest BCUT2D eigenvalue weighted by Gasteiger charge is 2.35. The molecular weight excluding hydrogens is 540 g/mol. The highest BCUT2D eigenvalue weighted by atomic mass is 32.2. The number of benzene rings is 3. The molecule has 0 aliphatic carbocycles. The van der Waals surface area contributed by atoms with Gasteiger partial charge in [-0.3, -0.25) is 9.36 Å². The molecular formula is C32H26N2O4S2. The van der Waals surface area contributed by atoms with Crippen LogP contribution < -0.4 is 19.6 Å². The van der Waals surface area contributed by atoms with E-state index in [1.54, 1.807) is 23.3 Å². The molecule has 0 radical (unpaired) electrons. The minimum atomic E-state index is -0.705. The summed E-state index contributed by atoms with van der Waals surface area (Å²) < 4.78 is 13.1. The number of esters is 1. The molecule has 0 amide bonds. The number of thiazole rings is 1. The lowest BCUT2D eigenvalue weighted by Gasteiger charge is -2.26. The number of terminal acetylenes is 1. The Kier molecular flexibility index (Phi) is 8.34. The molecule has 0 N–H and O–H groups in total. The quantitative estimate of drug-likeness (QED) is 0.176. The van der Waals surface area contributed by atoms with Gasteiger partial charge >= 0.3 is 5.97 Å². The van der Waals surface area contributed by atoms with Crippen LogP contribution in [0, 0.1) is 12.3 Å². The number of aromatic nitrogens is 1. The molecule has 0 bridgehead atoms. The van der Waals surface area contributed by atoms with Gasteiger partial charge in [-0.05, 0) is 54.6 Å². The van der Waals surface area contributed by atoms with Crippen molar-refractivity contribution in [1.82, 2.24) is 4.57 Å². The molecule has 200 valence electrons. The molecule has 0 fully saturated rings. The van der Waals surface area contributed by atoms with Crippen molar-refractivity contribution in [3.05, 3.63) is 121 Å². The van der Waals surface area contributed by atoms with Crippen LogP contribution in [-0.2, 0) is 9.53 Å². The van der Waals surface area contributed by atoms with Crippen LogP contribution in [0.5, 0.6) is 5.75 Å². The maximum atomic E-state index is 14.0. The molecule has 0 saturated heterocycles. The molecule has 40 heavy (non-hydrogen) atoms. The van der Waals surface area contributed by atoms with Crippen LogP contribution in [0.1, 0.15) is 29.7 Å². The fourth-order valence-corrected chi connectivity index (χ4v) is 5.89. The van der Waals surface area contributed by atoms with Crippen LogP contribution in [0.3, 0.4) is 0 Å². The molecule has 1 aliphatic heterocycles. The number of thioether (sulfide) groups is 1. The van der Waals surface area contributed by atoms with Crippen LogP contribution in [0.4, 0.5) is 0 Å². The van der Waals surface area contributed by atoms with Crippen LogP contribution in [0.25, 0.3) is 11.8 Å². The van der Waals surface area contributed by atoms with Crippen LogP contribution in [0.2, 0.25) is 0 Å². The second kappa shape index (κ2) is 12.2. The van der Waals surface area contributed by atoms with E-state index in [0.717, 1.165) is 21.6 Å². The van der Waals surface area contributed by atoms with Gasteiger partial charge in [-0.2, -0.15) is 0 Å². The van der Waals surface area contributed by atoms with Crippen molar-refractivity contribution in [2.45, 2.75) is 17.9 Å². The number of nitrogens with zero attached hydrogens (tertiary/aromatic N) is 2. The molecule has 1 aromatic heterocycles. The Hall–Kier alpha value is -4.32. The van der Waals surface area contributed by atoms with E-state index in [1.165, 1.54) is 11.3 Å². The summed E-state index contributed by atoms with van der Waals surface area (Å²) in [5.74, 6) is 2.59. The average Bonchev–Trinajstić information content (AvgIpc) is 3.30. The van der Waals surface area contributed by atoms with E-state index in [1.807, 2.05) is 91.2 Å². The van der Waals surface area contributed by atoms with Gasteiger partial charge in [0.1, 0.15) is 12.4 Å². The largest absolute Gasteiger partial charge is 0.481 e. The third-order valence-corrected chi connectivity index (χ3v) is 8.03. The van der Waals surface area contributed by atoms with Crippen molar-refractivity contribution in [1.29, 1.82) is 0 Å². The summed E-state index contributed by atoms with van der Waals surface area (Å²) in [5, 5.41) is 0. The van der Waals surface area contributed by atoms with Gasteiger partial charge in [-0.25, -0.2) is 9.79 Å². The summed E-state index contributed by atoms with van der Waals surface area (Å²) >= 11 is 2.91. The Labute approximate surface area is 240 Å². The van der Waals surface area contributed by atoms with Gasteiger partial charge in [0, 0.05) is 10.5 Å². The van der Waals surface area contributed by atoms with Crippen LogP contribution >= 0.6 is 23.1 Å². The SMILES string of the molecule is C#CCOc1ccc(/C=c2\sc3n(c2=O)[C@H](c2ccc(SC)cc2)C(C(=O)OCC)=C(c2ccccc2)N=3)cc1. The maximum absolute atomic E-state index is 14.0. The van der Waals surface area contributed by atoms with Gasteiger partial charge in [-0.15, -0.1) is 18.2 Å². The minimum Gasteiger partial charge on any atom is -0.481 e. The van der Waals surface area contributed by atoms with Gasteiger partial charge in [0.15, 0.2) is 4.80 Å². The summed E-state index contributed by atoms with van der Waals surface area (Å²) in [6.45, 7) is 2.15. The van der Waals surface area contributed by atoms with E-state index in [0.29, 0.717) is 26.4 Å². The van der Waals surface area contributed by atoms with E-state index < -0.39 is 12.0 Å². The number of rotatable bonds is 8. The molecule has 5 rings (SSSR count). The molecule has 6 nitrogen and oxygen atoms in total. The molecule has 1 atom stereocenters. The molecule has 8 heteroatoms. The average molecular weight is 567 g/mol. The zero-order chi connectivity index (χ0) is 28.1. The van der Waals surface area contributed by atoms with Gasteiger partial charge in [0.25, 0.3) is 5.56 Å². The first-order chi connectivity index (χ1) is 19.5.